The molecule has 0 saturated carbocycles. The molecule has 6 heteroatoms. The van der Waals surface area contributed by atoms with Gasteiger partial charge in [-0.15, -0.1) is 0 Å². The van der Waals surface area contributed by atoms with E-state index in [-0.39, 0.29) is 18.1 Å². The summed E-state index contributed by atoms with van der Waals surface area (Å²) in [6.45, 7) is 6.62. The first kappa shape index (κ1) is 22.5. The average molecular weight is 441 g/mol. The van der Waals surface area contributed by atoms with Crippen LogP contribution >= 0.6 is 0 Å². The van der Waals surface area contributed by atoms with E-state index in [1.807, 2.05) is 63.2 Å². The SMILES string of the molecule is CCOc1ccc(CC[C@@H]2O[C@@H]3c4cc(OC)ccc4OC(C)(C)[C@H]3C[C@@H]2C(=O)O)cc1. The molecule has 4 atom stereocenters. The van der Waals surface area contributed by atoms with Crippen LogP contribution in [0.25, 0.3) is 0 Å². The zero-order chi connectivity index (χ0) is 22.9. The van der Waals surface area contributed by atoms with E-state index >= 15 is 0 Å². The number of hydrogen-bond acceptors (Lipinski definition) is 5. The van der Waals surface area contributed by atoms with E-state index in [0.29, 0.717) is 19.4 Å². The van der Waals surface area contributed by atoms with Crippen LogP contribution in [0, 0.1) is 11.8 Å². The van der Waals surface area contributed by atoms with Crippen LogP contribution in [0.2, 0.25) is 0 Å². The Labute approximate surface area is 189 Å². The molecule has 2 aliphatic heterocycles. The molecule has 0 amide bonds. The first-order chi connectivity index (χ1) is 15.3. The molecule has 0 radical (unpaired) electrons. The summed E-state index contributed by atoms with van der Waals surface area (Å²) in [4.78, 5) is 12.2. The van der Waals surface area contributed by atoms with Crippen LogP contribution in [-0.4, -0.2) is 36.5 Å². The summed E-state index contributed by atoms with van der Waals surface area (Å²) in [5.41, 5.74) is 1.54. The van der Waals surface area contributed by atoms with Gasteiger partial charge in [-0.1, -0.05) is 12.1 Å². The summed E-state index contributed by atoms with van der Waals surface area (Å²) in [6.07, 6.45) is 1.27. The Morgan fingerprint density at radius 2 is 1.88 bits per heavy atom. The summed E-state index contributed by atoms with van der Waals surface area (Å²) in [5, 5.41) is 9.98. The van der Waals surface area contributed by atoms with Gasteiger partial charge in [0.1, 0.15) is 22.8 Å². The van der Waals surface area contributed by atoms with Gasteiger partial charge in [0.25, 0.3) is 0 Å². The van der Waals surface area contributed by atoms with E-state index in [1.165, 1.54) is 0 Å². The lowest BCUT2D eigenvalue weighted by Crippen LogP contribution is -2.52. The average Bonchev–Trinajstić information content (AvgIpc) is 2.77. The first-order valence-corrected chi connectivity index (χ1v) is 11.3. The van der Waals surface area contributed by atoms with Gasteiger partial charge in [-0.05, 0) is 75.9 Å². The number of benzene rings is 2. The standard InChI is InChI=1S/C26H32O6/c1-5-30-17-9-6-16(7-10-17)8-12-22-20(25(27)28)15-21-24(31-22)19-14-18(29-4)11-13-23(19)32-26(21,2)3/h6-7,9-11,13-14,20-22,24H,5,8,12,15H2,1-4H3,(H,27,28)/t20-,21-,22-,24+/m0/s1. The van der Waals surface area contributed by atoms with Crippen molar-refractivity contribution < 1.29 is 28.8 Å². The Balaban J connectivity index is 1.57. The minimum atomic E-state index is -0.813. The van der Waals surface area contributed by atoms with Gasteiger partial charge >= 0.3 is 5.97 Å². The Bertz CT molecular complexity index is 951. The molecule has 1 saturated heterocycles. The van der Waals surface area contributed by atoms with Crippen LogP contribution in [0.5, 0.6) is 17.2 Å². The normalized spacial score (nSPS) is 25.8. The second-order valence-electron chi connectivity index (χ2n) is 9.11. The number of carbonyl (C=O) groups is 1. The summed E-state index contributed by atoms with van der Waals surface area (Å²) < 4.78 is 23.8. The second kappa shape index (κ2) is 9.02. The van der Waals surface area contributed by atoms with E-state index < -0.39 is 17.5 Å². The van der Waals surface area contributed by atoms with E-state index in [9.17, 15) is 9.90 Å². The van der Waals surface area contributed by atoms with Crippen molar-refractivity contribution in [1.29, 1.82) is 0 Å². The van der Waals surface area contributed by atoms with Gasteiger partial charge in [0.15, 0.2) is 0 Å². The number of carboxylic acid groups (broad SMARTS) is 1. The number of rotatable bonds is 7. The number of hydrogen-bond donors (Lipinski definition) is 1. The Kier molecular flexibility index (Phi) is 6.33. The molecule has 1 N–H and O–H groups in total. The highest BCUT2D eigenvalue weighted by molar-refractivity contribution is 5.71. The molecule has 0 aromatic heterocycles. The summed E-state index contributed by atoms with van der Waals surface area (Å²) in [6, 6.07) is 13.7. The lowest BCUT2D eigenvalue weighted by atomic mass is 9.71. The van der Waals surface area contributed by atoms with Gasteiger partial charge in [-0.3, -0.25) is 4.79 Å². The third-order valence-electron chi connectivity index (χ3n) is 6.70. The fourth-order valence-electron chi connectivity index (χ4n) is 4.95. The molecular weight excluding hydrogens is 408 g/mol. The Hall–Kier alpha value is -2.73. The van der Waals surface area contributed by atoms with Crippen molar-refractivity contribution in [2.45, 2.75) is 57.8 Å². The Morgan fingerprint density at radius 3 is 2.53 bits per heavy atom. The highest BCUT2D eigenvalue weighted by atomic mass is 16.5. The molecular formula is C26H32O6. The van der Waals surface area contributed by atoms with Crippen LogP contribution in [0.3, 0.4) is 0 Å². The van der Waals surface area contributed by atoms with Crippen molar-refractivity contribution in [3.05, 3.63) is 53.6 Å². The molecule has 2 aromatic rings. The predicted octanol–water partition coefficient (Wildman–Crippen LogP) is 5.04. The fourth-order valence-corrected chi connectivity index (χ4v) is 4.95. The van der Waals surface area contributed by atoms with Crippen molar-refractivity contribution in [3.8, 4) is 17.2 Å². The van der Waals surface area contributed by atoms with Crippen molar-refractivity contribution in [2.75, 3.05) is 13.7 Å². The number of aryl methyl sites for hydroxylation is 1. The lowest BCUT2D eigenvalue weighted by molar-refractivity contribution is -0.188. The maximum atomic E-state index is 12.2. The third kappa shape index (κ3) is 4.42. The third-order valence-corrected chi connectivity index (χ3v) is 6.70. The molecule has 32 heavy (non-hydrogen) atoms. The van der Waals surface area contributed by atoms with Crippen LogP contribution in [0.1, 0.15) is 50.8 Å². The fraction of sp³-hybridized carbons (Fsp3) is 0.500. The molecule has 4 rings (SSSR count). The molecule has 2 aliphatic rings. The maximum absolute atomic E-state index is 12.2. The molecule has 1 fully saturated rings. The second-order valence-corrected chi connectivity index (χ2v) is 9.11. The smallest absolute Gasteiger partial charge is 0.309 e. The van der Waals surface area contributed by atoms with Gasteiger partial charge in [-0.2, -0.15) is 0 Å². The van der Waals surface area contributed by atoms with Gasteiger partial charge < -0.3 is 24.1 Å². The number of aliphatic carboxylic acids is 1. The van der Waals surface area contributed by atoms with E-state index in [1.54, 1.807) is 7.11 Å². The largest absolute Gasteiger partial charge is 0.497 e. The molecule has 2 aromatic carbocycles. The van der Waals surface area contributed by atoms with Crippen molar-refractivity contribution in [2.24, 2.45) is 11.8 Å². The lowest BCUT2D eigenvalue weighted by Gasteiger charge is -2.50. The highest BCUT2D eigenvalue weighted by Crippen LogP contribution is 2.53. The van der Waals surface area contributed by atoms with Crippen LogP contribution in [0.15, 0.2) is 42.5 Å². The quantitative estimate of drug-likeness (QED) is 0.650. The zero-order valence-corrected chi connectivity index (χ0v) is 19.2. The molecule has 2 heterocycles. The number of carboxylic acids is 1. The number of fused-ring (bicyclic) bond motifs is 3. The van der Waals surface area contributed by atoms with Crippen LogP contribution < -0.4 is 14.2 Å². The minimum Gasteiger partial charge on any atom is -0.497 e. The first-order valence-electron chi connectivity index (χ1n) is 11.3. The summed E-state index contributed by atoms with van der Waals surface area (Å²) >= 11 is 0. The van der Waals surface area contributed by atoms with Crippen molar-refractivity contribution >= 4 is 5.97 Å². The van der Waals surface area contributed by atoms with Crippen molar-refractivity contribution in [1.82, 2.24) is 0 Å². The van der Waals surface area contributed by atoms with Gasteiger partial charge in [0.05, 0.1) is 31.8 Å². The zero-order valence-electron chi connectivity index (χ0n) is 19.2. The molecule has 0 bridgehead atoms. The molecule has 6 nitrogen and oxygen atoms in total. The van der Waals surface area contributed by atoms with E-state index in [0.717, 1.165) is 34.8 Å². The van der Waals surface area contributed by atoms with Gasteiger partial charge in [-0.25, -0.2) is 0 Å². The van der Waals surface area contributed by atoms with Crippen molar-refractivity contribution in [3.63, 3.8) is 0 Å². The summed E-state index contributed by atoms with van der Waals surface area (Å²) in [7, 11) is 1.63. The van der Waals surface area contributed by atoms with Crippen LogP contribution in [-0.2, 0) is 16.0 Å². The number of ether oxygens (including phenoxy) is 4. The van der Waals surface area contributed by atoms with E-state index in [4.69, 9.17) is 18.9 Å². The van der Waals surface area contributed by atoms with Crippen LogP contribution in [0.4, 0.5) is 0 Å². The Morgan fingerprint density at radius 1 is 1.16 bits per heavy atom. The van der Waals surface area contributed by atoms with Gasteiger partial charge in [0, 0.05) is 11.5 Å². The van der Waals surface area contributed by atoms with Gasteiger partial charge in [0.2, 0.25) is 0 Å². The topological polar surface area (TPSA) is 74.2 Å². The highest BCUT2D eigenvalue weighted by Gasteiger charge is 2.52. The minimum absolute atomic E-state index is 0.0649. The van der Waals surface area contributed by atoms with E-state index in [2.05, 4.69) is 0 Å². The molecule has 0 unspecified atom stereocenters. The maximum Gasteiger partial charge on any atom is 0.309 e. The summed E-state index contributed by atoms with van der Waals surface area (Å²) in [5.74, 6) is 0.898. The monoisotopic (exact) mass is 440 g/mol. The molecule has 172 valence electrons. The number of methoxy groups -OCH3 is 1. The molecule has 0 aliphatic carbocycles. The predicted molar refractivity (Wildman–Crippen MR) is 120 cm³/mol. The molecule has 0 spiro atoms.